The van der Waals surface area contributed by atoms with Crippen molar-refractivity contribution < 1.29 is 27.8 Å². The summed E-state index contributed by atoms with van der Waals surface area (Å²) < 4.78 is 54.4. The van der Waals surface area contributed by atoms with E-state index in [1.54, 1.807) is 0 Å². The van der Waals surface area contributed by atoms with Gasteiger partial charge in [-0.2, -0.15) is 18.4 Å². The molecule has 0 aliphatic rings. The zero-order chi connectivity index (χ0) is 23.2. The van der Waals surface area contributed by atoms with Crippen LogP contribution in [0.15, 0.2) is 65.6 Å². The van der Waals surface area contributed by atoms with E-state index in [1.807, 2.05) is 6.07 Å². The Morgan fingerprint density at radius 1 is 0.938 bits per heavy atom. The molecule has 3 aromatic carbocycles. The number of nitrogens with zero attached hydrogens (tertiary/aromatic N) is 2. The van der Waals surface area contributed by atoms with Gasteiger partial charge in [0.25, 0.3) is 5.56 Å². The van der Waals surface area contributed by atoms with Crippen molar-refractivity contribution in [1.82, 2.24) is 4.57 Å². The van der Waals surface area contributed by atoms with E-state index in [4.69, 9.17) is 0 Å². The lowest BCUT2D eigenvalue weighted by molar-refractivity contribution is -0.139. The van der Waals surface area contributed by atoms with Gasteiger partial charge in [-0.25, -0.2) is 4.39 Å². The van der Waals surface area contributed by atoms with Crippen molar-refractivity contribution in [2.45, 2.75) is 6.18 Å². The van der Waals surface area contributed by atoms with Gasteiger partial charge in [0, 0.05) is 22.8 Å². The summed E-state index contributed by atoms with van der Waals surface area (Å²) in [5.74, 6) is -1.91. The summed E-state index contributed by atoms with van der Waals surface area (Å²) >= 11 is 0. The summed E-state index contributed by atoms with van der Waals surface area (Å²) in [6.07, 6.45) is -3.61. The summed E-state index contributed by atoms with van der Waals surface area (Å²) in [7, 11) is 0. The maximum atomic E-state index is 14.3. The van der Waals surface area contributed by atoms with E-state index in [0.29, 0.717) is 17.8 Å². The summed E-state index contributed by atoms with van der Waals surface area (Å²) in [6, 6.07) is 11.9. The van der Waals surface area contributed by atoms with Crippen LogP contribution in [0.3, 0.4) is 0 Å². The van der Waals surface area contributed by atoms with Crippen LogP contribution < -0.4 is 5.56 Å². The molecule has 0 spiro atoms. The Balaban J connectivity index is 2.10. The molecule has 0 unspecified atom stereocenters. The van der Waals surface area contributed by atoms with Crippen molar-refractivity contribution in [2.75, 3.05) is 0 Å². The lowest BCUT2D eigenvalue weighted by atomic mass is 9.96. The number of pyridine rings is 1. The molecule has 9 heteroatoms. The fourth-order valence-electron chi connectivity index (χ4n) is 3.48. The Morgan fingerprint density at radius 2 is 1.62 bits per heavy atom. The average molecular weight is 440 g/mol. The van der Waals surface area contributed by atoms with Gasteiger partial charge in [0.1, 0.15) is 23.4 Å². The highest BCUT2D eigenvalue weighted by Gasteiger charge is 2.34. The molecule has 1 aromatic heterocycles. The van der Waals surface area contributed by atoms with Gasteiger partial charge in [-0.3, -0.25) is 9.36 Å². The predicted molar refractivity (Wildman–Crippen MR) is 108 cm³/mol. The molecule has 0 saturated carbocycles. The molecule has 32 heavy (non-hydrogen) atoms. The molecule has 0 fully saturated rings. The number of halogens is 4. The van der Waals surface area contributed by atoms with Crippen molar-refractivity contribution in [1.29, 1.82) is 5.26 Å². The van der Waals surface area contributed by atoms with Crippen LogP contribution in [-0.2, 0) is 6.18 Å². The monoisotopic (exact) mass is 440 g/mol. The van der Waals surface area contributed by atoms with Gasteiger partial charge in [0.05, 0.1) is 16.5 Å². The second kappa shape index (κ2) is 7.42. The van der Waals surface area contributed by atoms with Crippen molar-refractivity contribution in [3.05, 3.63) is 88.1 Å². The van der Waals surface area contributed by atoms with Gasteiger partial charge in [0.2, 0.25) is 0 Å². The smallest absolute Gasteiger partial charge is 0.419 e. The Kier molecular flexibility index (Phi) is 4.86. The van der Waals surface area contributed by atoms with E-state index in [1.165, 1.54) is 36.5 Å². The van der Waals surface area contributed by atoms with E-state index >= 15 is 0 Å². The van der Waals surface area contributed by atoms with Crippen molar-refractivity contribution in [3.8, 4) is 34.4 Å². The number of aromatic nitrogens is 1. The normalized spacial score (nSPS) is 11.5. The van der Waals surface area contributed by atoms with Crippen LogP contribution in [0, 0.1) is 17.1 Å². The second-order valence-corrected chi connectivity index (χ2v) is 6.95. The van der Waals surface area contributed by atoms with Crippen molar-refractivity contribution in [3.63, 3.8) is 0 Å². The maximum Gasteiger partial charge on any atom is 0.419 e. The molecule has 1 heterocycles. The number of nitriles is 1. The summed E-state index contributed by atoms with van der Waals surface area (Å²) in [4.78, 5) is 13.2. The molecule has 160 valence electrons. The average Bonchev–Trinajstić information content (AvgIpc) is 2.73. The molecule has 0 bridgehead atoms. The molecular weight excluding hydrogens is 428 g/mol. The number of hydrogen-bond acceptors (Lipinski definition) is 4. The Labute approximate surface area is 177 Å². The van der Waals surface area contributed by atoms with Gasteiger partial charge >= 0.3 is 6.18 Å². The van der Waals surface area contributed by atoms with Crippen LogP contribution >= 0.6 is 0 Å². The van der Waals surface area contributed by atoms with E-state index < -0.39 is 23.1 Å². The number of rotatable bonds is 2. The van der Waals surface area contributed by atoms with Crippen LogP contribution in [-0.4, -0.2) is 14.8 Å². The lowest BCUT2D eigenvalue weighted by Crippen LogP contribution is -2.19. The van der Waals surface area contributed by atoms with E-state index in [2.05, 4.69) is 0 Å². The summed E-state index contributed by atoms with van der Waals surface area (Å²) in [5.41, 5.74) is -1.83. The minimum Gasteiger partial charge on any atom is -0.508 e. The largest absolute Gasteiger partial charge is 0.508 e. The standard InChI is InChI=1S/C23H12F4N2O3/c24-20-8-12(1-6-19(20)23(25,26)27)18-11-29(14-2-4-15(30)5-3-14)22(32)21-13(10-28)7-16(31)9-17(18)21/h1-9,11,30-31H. The number of alkyl halides is 3. The number of hydrogen-bond donors (Lipinski definition) is 2. The van der Waals surface area contributed by atoms with Gasteiger partial charge in [0.15, 0.2) is 0 Å². The van der Waals surface area contributed by atoms with E-state index in [9.17, 15) is 37.8 Å². The highest BCUT2D eigenvalue weighted by atomic mass is 19.4. The second-order valence-electron chi connectivity index (χ2n) is 6.95. The Hall–Kier alpha value is -4.32. The van der Waals surface area contributed by atoms with Crippen LogP contribution in [0.1, 0.15) is 11.1 Å². The molecule has 0 aliphatic carbocycles. The van der Waals surface area contributed by atoms with Crippen LogP contribution in [0.4, 0.5) is 17.6 Å². The lowest BCUT2D eigenvalue weighted by Gasteiger charge is -2.15. The zero-order valence-electron chi connectivity index (χ0n) is 16.0. The molecule has 5 nitrogen and oxygen atoms in total. The molecular formula is C23H12F4N2O3. The Morgan fingerprint density at radius 3 is 2.22 bits per heavy atom. The highest BCUT2D eigenvalue weighted by molar-refractivity contribution is 5.99. The Bertz CT molecular complexity index is 1470. The van der Waals surface area contributed by atoms with Gasteiger partial charge < -0.3 is 10.2 Å². The number of phenolic OH excluding ortho intramolecular Hbond substituents is 2. The number of aromatic hydroxyl groups is 2. The molecule has 0 amide bonds. The maximum absolute atomic E-state index is 14.3. The van der Waals surface area contributed by atoms with Crippen molar-refractivity contribution >= 4 is 10.8 Å². The van der Waals surface area contributed by atoms with Crippen LogP contribution in [0.5, 0.6) is 11.5 Å². The molecule has 0 aliphatic heterocycles. The third-order valence-electron chi connectivity index (χ3n) is 4.94. The molecule has 0 saturated heterocycles. The molecule has 4 aromatic rings. The van der Waals surface area contributed by atoms with Crippen LogP contribution in [0.2, 0.25) is 0 Å². The number of fused-ring (bicyclic) bond motifs is 1. The fourth-order valence-corrected chi connectivity index (χ4v) is 3.48. The first kappa shape index (κ1) is 20.9. The van der Waals surface area contributed by atoms with Gasteiger partial charge in [-0.05, 0) is 54.1 Å². The first-order valence-corrected chi connectivity index (χ1v) is 9.09. The third kappa shape index (κ3) is 3.52. The first-order valence-electron chi connectivity index (χ1n) is 9.09. The third-order valence-corrected chi connectivity index (χ3v) is 4.94. The van der Waals surface area contributed by atoms with Gasteiger partial charge in [-0.15, -0.1) is 0 Å². The van der Waals surface area contributed by atoms with Gasteiger partial charge in [-0.1, -0.05) is 6.07 Å². The number of phenols is 2. The minimum absolute atomic E-state index is 0.00233. The summed E-state index contributed by atoms with van der Waals surface area (Å²) in [6.45, 7) is 0. The SMILES string of the molecule is N#Cc1cc(O)cc2c(-c3ccc(C(F)(F)F)c(F)c3)cn(-c3ccc(O)cc3)c(=O)c12. The van der Waals surface area contributed by atoms with E-state index in [-0.39, 0.29) is 39.0 Å². The molecule has 0 radical (unpaired) electrons. The molecule has 0 atom stereocenters. The first-order chi connectivity index (χ1) is 15.1. The molecule has 4 rings (SSSR count). The summed E-state index contributed by atoms with van der Waals surface area (Å²) in [5, 5.41) is 29.0. The topological polar surface area (TPSA) is 86.2 Å². The quantitative estimate of drug-likeness (QED) is 0.425. The number of benzene rings is 3. The fraction of sp³-hybridized carbons (Fsp3) is 0.0435. The molecule has 2 N–H and O–H groups in total. The predicted octanol–water partition coefficient (Wildman–Crippen LogP) is 5.10. The highest BCUT2D eigenvalue weighted by Crippen LogP contribution is 2.36. The zero-order valence-corrected chi connectivity index (χ0v) is 16.0. The van der Waals surface area contributed by atoms with E-state index in [0.717, 1.165) is 16.7 Å². The minimum atomic E-state index is -4.89. The van der Waals surface area contributed by atoms with Crippen LogP contribution in [0.25, 0.3) is 27.6 Å². The van der Waals surface area contributed by atoms with Crippen molar-refractivity contribution in [2.24, 2.45) is 0 Å².